The van der Waals surface area contributed by atoms with E-state index in [0.717, 1.165) is 6.42 Å². The average Bonchev–Trinajstić information content (AvgIpc) is 3.07. The van der Waals surface area contributed by atoms with Gasteiger partial charge in [0.15, 0.2) is 6.10 Å². The second-order valence-corrected chi connectivity index (χ2v) is 6.00. The molecule has 0 aromatic heterocycles. The zero-order valence-electron chi connectivity index (χ0n) is 13.4. The molecule has 2 rings (SSSR count). The van der Waals surface area contributed by atoms with Gasteiger partial charge in [-0.05, 0) is 43.5 Å². The number of esters is 1. The molecule has 0 radical (unpaired) electrons. The van der Waals surface area contributed by atoms with Crippen molar-refractivity contribution in [3.05, 3.63) is 29.8 Å². The summed E-state index contributed by atoms with van der Waals surface area (Å²) in [5.74, 6) is -0.0615. The van der Waals surface area contributed by atoms with Gasteiger partial charge in [-0.3, -0.25) is 9.59 Å². The standard InChI is InChI=1S/C18H22N2O3/c1-13(23-17(21)11-8-14-4-2-3-5-14)18(22)20-16-9-6-15(12-19)7-10-16/h6-7,9-10,13-14H,2-5,8,11H2,1H3,(H,20,22)/t13-/m0/s1. The van der Waals surface area contributed by atoms with Crippen molar-refractivity contribution in [2.24, 2.45) is 5.92 Å². The molecule has 23 heavy (non-hydrogen) atoms. The molecule has 1 amide bonds. The Labute approximate surface area is 136 Å². The molecule has 0 bridgehead atoms. The molecule has 5 nitrogen and oxygen atoms in total. The fourth-order valence-electron chi connectivity index (χ4n) is 2.80. The van der Waals surface area contributed by atoms with Crippen molar-refractivity contribution in [3.63, 3.8) is 0 Å². The lowest BCUT2D eigenvalue weighted by Crippen LogP contribution is -2.30. The lowest BCUT2D eigenvalue weighted by molar-refractivity contribution is -0.153. The zero-order chi connectivity index (χ0) is 16.7. The van der Waals surface area contributed by atoms with Gasteiger partial charge in [0.1, 0.15) is 0 Å². The lowest BCUT2D eigenvalue weighted by atomic mass is 10.0. The molecule has 0 spiro atoms. The van der Waals surface area contributed by atoms with Gasteiger partial charge in [0, 0.05) is 12.1 Å². The number of ether oxygens (including phenoxy) is 1. The van der Waals surface area contributed by atoms with Gasteiger partial charge in [-0.1, -0.05) is 25.7 Å². The number of nitriles is 1. The van der Waals surface area contributed by atoms with E-state index in [-0.39, 0.29) is 11.9 Å². The van der Waals surface area contributed by atoms with Gasteiger partial charge < -0.3 is 10.1 Å². The van der Waals surface area contributed by atoms with E-state index in [1.807, 2.05) is 6.07 Å². The van der Waals surface area contributed by atoms with Gasteiger partial charge in [-0.15, -0.1) is 0 Å². The molecular formula is C18H22N2O3. The van der Waals surface area contributed by atoms with E-state index >= 15 is 0 Å². The van der Waals surface area contributed by atoms with E-state index in [1.54, 1.807) is 31.2 Å². The molecular weight excluding hydrogens is 292 g/mol. The molecule has 0 saturated heterocycles. The minimum Gasteiger partial charge on any atom is -0.453 e. The van der Waals surface area contributed by atoms with E-state index in [2.05, 4.69) is 5.32 Å². The molecule has 1 saturated carbocycles. The Hall–Kier alpha value is -2.35. The van der Waals surface area contributed by atoms with E-state index < -0.39 is 6.10 Å². The minimum absolute atomic E-state index is 0.320. The Morgan fingerprint density at radius 2 is 1.96 bits per heavy atom. The Bertz CT molecular complexity index is 583. The first-order chi connectivity index (χ1) is 11.1. The topological polar surface area (TPSA) is 79.2 Å². The number of hydrogen-bond donors (Lipinski definition) is 1. The molecule has 1 atom stereocenters. The molecule has 1 N–H and O–H groups in total. The molecule has 1 aromatic rings. The number of nitrogens with one attached hydrogen (secondary N) is 1. The number of rotatable bonds is 6. The fourth-order valence-corrected chi connectivity index (χ4v) is 2.80. The van der Waals surface area contributed by atoms with Crippen LogP contribution >= 0.6 is 0 Å². The van der Waals surface area contributed by atoms with Crippen LogP contribution < -0.4 is 5.32 Å². The van der Waals surface area contributed by atoms with Gasteiger partial charge in [0.25, 0.3) is 5.91 Å². The van der Waals surface area contributed by atoms with Crippen LogP contribution in [0.1, 0.15) is 51.0 Å². The summed E-state index contributed by atoms with van der Waals surface area (Å²) in [6.07, 6.45) is 5.29. The third kappa shape index (κ3) is 5.41. The predicted molar refractivity (Wildman–Crippen MR) is 86.5 cm³/mol. The molecule has 1 aromatic carbocycles. The summed E-state index contributed by atoms with van der Waals surface area (Å²) in [6, 6.07) is 8.54. The van der Waals surface area contributed by atoms with Crippen molar-refractivity contribution >= 4 is 17.6 Å². The van der Waals surface area contributed by atoms with Gasteiger partial charge in [0.05, 0.1) is 11.6 Å². The highest BCUT2D eigenvalue weighted by Crippen LogP contribution is 2.28. The van der Waals surface area contributed by atoms with E-state index in [1.165, 1.54) is 25.7 Å². The largest absolute Gasteiger partial charge is 0.453 e. The third-order valence-corrected chi connectivity index (χ3v) is 4.19. The second kappa shape index (κ2) is 8.33. The summed E-state index contributed by atoms with van der Waals surface area (Å²) < 4.78 is 5.19. The Balaban J connectivity index is 1.74. The second-order valence-electron chi connectivity index (χ2n) is 6.00. The highest BCUT2D eigenvalue weighted by atomic mass is 16.5. The Morgan fingerprint density at radius 3 is 2.57 bits per heavy atom. The first kappa shape index (κ1) is 17.0. The first-order valence-electron chi connectivity index (χ1n) is 8.09. The Morgan fingerprint density at radius 1 is 1.30 bits per heavy atom. The molecule has 0 aliphatic heterocycles. The summed E-state index contributed by atoms with van der Waals surface area (Å²) >= 11 is 0. The van der Waals surface area contributed by atoms with Crippen LogP contribution in [0.4, 0.5) is 5.69 Å². The monoisotopic (exact) mass is 314 g/mol. The SMILES string of the molecule is C[C@H](OC(=O)CCC1CCCC1)C(=O)Nc1ccc(C#N)cc1. The molecule has 0 heterocycles. The highest BCUT2D eigenvalue weighted by Gasteiger charge is 2.20. The number of carbonyl (C=O) groups excluding carboxylic acids is 2. The van der Waals surface area contributed by atoms with Gasteiger partial charge >= 0.3 is 5.97 Å². The maximum Gasteiger partial charge on any atom is 0.306 e. The minimum atomic E-state index is -0.832. The fraction of sp³-hybridized carbons (Fsp3) is 0.500. The number of benzene rings is 1. The van der Waals surface area contributed by atoms with Crippen LogP contribution in [0.2, 0.25) is 0 Å². The molecule has 5 heteroatoms. The number of amides is 1. The van der Waals surface area contributed by atoms with E-state index in [9.17, 15) is 9.59 Å². The molecule has 1 aliphatic carbocycles. The Kier molecular flexibility index (Phi) is 6.16. The molecule has 1 aliphatic rings. The number of hydrogen-bond acceptors (Lipinski definition) is 4. The molecule has 0 unspecified atom stereocenters. The maximum atomic E-state index is 12.0. The van der Waals surface area contributed by atoms with Gasteiger partial charge in [-0.25, -0.2) is 0 Å². The van der Waals surface area contributed by atoms with Crippen LogP contribution in [0.15, 0.2) is 24.3 Å². The zero-order valence-corrected chi connectivity index (χ0v) is 13.4. The van der Waals surface area contributed by atoms with Crippen LogP contribution in [0.25, 0.3) is 0 Å². The summed E-state index contributed by atoms with van der Waals surface area (Å²) in [5, 5.41) is 11.4. The van der Waals surface area contributed by atoms with Crippen molar-refractivity contribution in [2.75, 3.05) is 5.32 Å². The van der Waals surface area contributed by atoms with Crippen molar-refractivity contribution in [1.82, 2.24) is 0 Å². The van der Waals surface area contributed by atoms with Gasteiger partial charge in [-0.2, -0.15) is 5.26 Å². The quantitative estimate of drug-likeness (QED) is 0.816. The summed E-state index contributed by atoms with van der Waals surface area (Å²) in [6.45, 7) is 1.56. The van der Waals surface area contributed by atoms with Crippen LogP contribution in [0, 0.1) is 17.2 Å². The van der Waals surface area contributed by atoms with Crippen LogP contribution in [0.3, 0.4) is 0 Å². The molecule has 122 valence electrons. The summed E-state index contributed by atoms with van der Waals surface area (Å²) in [5.41, 5.74) is 1.09. The predicted octanol–water partition coefficient (Wildman–Crippen LogP) is 3.40. The average molecular weight is 314 g/mol. The van der Waals surface area contributed by atoms with Crippen LogP contribution in [-0.2, 0) is 14.3 Å². The maximum absolute atomic E-state index is 12.0. The third-order valence-electron chi connectivity index (χ3n) is 4.19. The van der Waals surface area contributed by atoms with Crippen molar-refractivity contribution < 1.29 is 14.3 Å². The van der Waals surface area contributed by atoms with Crippen molar-refractivity contribution in [3.8, 4) is 6.07 Å². The van der Waals surface area contributed by atoms with Crippen molar-refractivity contribution in [1.29, 1.82) is 5.26 Å². The normalized spacial score (nSPS) is 15.7. The number of nitrogens with zero attached hydrogens (tertiary/aromatic N) is 1. The van der Waals surface area contributed by atoms with Crippen molar-refractivity contribution in [2.45, 2.75) is 51.6 Å². The lowest BCUT2D eigenvalue weighted by Gasteiger charge is -2.14. The first-order valence-corrected chi connectivity index (χ1v) is 8.09. The van der Waals surface area contributed by atoms with E-state index in [4.69, 9.17) is 10.00 Å². The highest BCUT2D eigenvalue weighted by molar-refractivity contribution is 5.95. The van der Waals surface area contributed by atoms with Crippen LogP contribution in [0.5, 0.6) is 0 Å². The van der Waals surface area contributed by atoms with E-state index in [0.29, 0.717) is 23.6 Å². The molecule has 1 fully saturated rings. The summed E-state index contributed by atoms with van der Waals surface area (Å²) in [4.78, 5) is 23.8. The number of carbonyl (C=O) groups is 2. The number of anilines is 1. The summed E-state index contributed by atoms with van der Waals surface area (Å²) in [7, 11) is 0. The van der Waals surface area contributed by atoms with Crippen LogP contribution in [-0.4, -0.2) is 18.0 Å². The van der Waals surface area contributed by atoms with Gasteiger partial charge in [0.2, 0.25) is 0 Å². The smallest absolute Gasteiger partial charge is 0.306 e.